The normalized spacial score (nSPS) is 25.1. The van der Waals surface area contributed by atoms with E-state index in [4.69, 9.17) is 0 Å². The van der Waals surface area contributed by atoms with Crippen molar-refractivity contribution in [3.05, 3.63) is 0 Å². The number of amides is 4. The van der Waals surface area contributed by atoms with Crippen LogP contribution < -0.4 is 5.32 Å². The van der Waals surface area contributed by atoms with E-state index < -0.39 is 17.9 Å². The summed E-state index contributed by atoms with van der Waals surface area (Å²) in [6, 6.07) is -0.555. The summed E-state index contributed by atoms with van der Waals surface area (Å²) in [5.74, 6) is -0.687. The lowest BCUT2D eigenvalue weighted by atomic mass is 10.0. The van der Waals surface area contributed by atoms with Gasteiger partial charge in [-0.15, -0.1) is 0 Å². The zero-order valence-corrected chi connectivity index (χ0v) is 10.1. The number of nitrogens with zero attached hydrogens (tertiary/aromatic N) is 1. The van der Waals surface area contributed by atoms with Crippen molar-refractivity contribution in [3.63, 3.8) is 0 Å². The van der Waals surface area contributed by atoms with Gasteiger partial charge in [-0.1, -0.05) is 19.8 Å². The molecular formula is C12H18N2O3. The quantitative estimate of drug-likeness (QED) is 0.734. The maximum absolute atomic E-state index is 11.9. The molecule has 0 radical (unpaired) electrons. The second-order valence-electron chi connectivity index (χ2n) is 4.83. The Labute approximate surface area is 101 Å². The molecule has 0 aromatic rings. The summed E-state index contributed by atoms with van der Waals surface area (Å²) in [5, 5.41) is 2.24. The van der Waals surface area contributed by atoms with Crippen LogP contribution in [0.1, 0.15) is 39.0 Å². The fraction of sp³-hybridized carbons (Fsp3) is 0.750. The maximum atomic E-state index is 11.9. The van der Waals surface area contributed by atoms with Gasteiger partial charge in [0.1, 0.15) is 5.92 Å². The molecule has 1 heterocycles. The maximum Gasteiger partial charge on any atom is 0.330 e. The highest BCUT2D eigenvalue weighted by Crippen LogP contribution is 2.33. The van der Waals surface area contributed by atoms with Gasteiger partial charge < -0.3 is 0 Å². The van der Waals surface area contributed by atoms with Crippen LogP contribution in [0.4, 0.5) is 4.79 Å². The molecule has 0 spiro atoms. The van der Waals surface area contributed by atoms with E-state index >= 15 is 0 Å². The average Bonchev–Trinajstić information content (AvgIpc) is 3.07. The van der Waals surface area contributed by atoms with Gasteiger partial charge in [0, 0.05) is 6.54 Å². The number of urea groups is 1. The molecule has 2 aliphatic rings. The van der Waals surface area contributed by atoms with Crippen molar-refractivity contribution in [2.24, 2.45) is 11.8 Å². The van der Waals surface area contributed by atoms with Crippen LogP contribution >= 0.6 is 0 Å². The predicted octanol–water partition coefficient (Wildman–Crippen LogP) is 1.28. The minimum atomic E-state index is -0.686. The highest BCUT2D eigenvalue weighted by molar-refractivity contribution is 6.16. The topological polar surface area (TPSA) is 66.5 Å². The molecule has 0 aromatic carbocycles. The van der Waals surface area contributed by atoms with Crippen molar-refractivity contribution >= 4 is 17.8 Å². The molecule has 0 bridgehead atoms. The fourth-order valence-corrected chi connectivity index (χ4v) is 2.18. The molecule has 4 amide bonds. The molecular weight excluding hydrogens is 220 g/mol. The Morgan fingerprint density at radius 1 is 1.29 bits per heavy atom. The minimum Gasteiger partial charge on any atom is -0.277 e. The van der Waals surface area contributed by atoms with Crippen LogP contribution in [-0.4, -0.2) is 29.3 Å². The smallest absolute Gasteiger partial charge is 0.277 e. The van der Waals surface area contributed by atoms with Crippen LogP contribution in [0.3, 0.4) is 0 Å². The first-order chi connectivity index (χ1) is 8.13. The van der Waals surface area contributed by atoms with Gasteiger partial charge in [-0.05, 0) is 25.2 Å². The van der Waals surface area contributed by atoms with Crippen LogP contribution in [0.25, 0.3) is 0 Å². The molecule has 1 saturated heterocycles. The number of carbonyl (C=O) groups is 3. The molecule has 1 aliphatic heterocycles. The highest BCUT2D eigenvalue weighted by Gasteiger charge is 2.38. The van der Waals surface area contributed by atoms with E-state index in [9.17, 15) is 14.4 Å². The summed E-state index contributed by atoms with van der Waals surface area (Å²) in [7, 11) is 0. The molecule has 1 aliphatic carbocycles. The first-order valence-corrected chi connectivity index (χ1v) is 6.29. The van der Waals surface area contributed by atoms with Gasteiger partial charge in [-0.25, -0.2) is 4.79 Å². The predicted molar refractivity (Wildman–Crippen MR) is 61.0 cm³/mol. The summed E-state index contributed by atoms with van der Waals surface area (Å²) in [6.45, 7) is 2.21. The molecule has 2 rings (SSSR count). The monoisotopic (exact) mass is 238 g/mol. The number of nitrogens with one attached hydrogen (secondary N) is 1. The van der Waals surface area contributed by atoms with E-state index in [1.165, 1.54) is 17.7 Å². The van der Waals surface area contributed by atoms with E-state index in [1.807, 2.05) is 0 Å². The lowest BCUT2D eigenvalue weighted by molar-refractivity contribution is -0.142. The van der Waals surface area contributed by atoms with E-state index in [0.29, 0.717) is 13.0 Å². The summed E-state index contributed by atoms with van der Waals surface area (Å²) >= 11 is 0. The van der Waals surface area contributed by atoms with Crippen molar-refractivity contribution in [2.75, 3.05) is 6.54 Å². The van der Waals surface area contributed by atoms with Crippen molar-refractivity contribution in [1.29, 1.82) is 0 Å². The summed E-state index contributed by atoms with van der Waals surface area (Å²) in [5.41, 5.74) is 0. The van der Waals surface area contributed by atoms with Crippen molar-refractivity contribution in [2.45, 2.75) is 39.0 Å². The zero-order valence-electron chi connectivity index (χ0n) is 10.1. The Morgan fingerprint density at radius 2 is 2.00 bits per heavy atom. The molecule has 5 heteroatoms. The number of imide groups is 2. The third kappa shape index (κ3) is 2.65. The Morgan fingerprint density at radius 3 is 2.59 bits per heavy atom. The fourth-order valence-electron chi connectivity index (χ4n) is 2.18. The molecule has 2 fully saturated rings. The Kier molecular flexibility index (Phi) is 3.45. The Balaban J connectivity index is 1.91. The van der Waals surface area contributed by atoms with Crippen LogP contribution in [0.15, 0.2) is 0 Å². The van der Waals surface area contributed by atoms with Gasteiger partial charge in [0.25, 0.3) is 0 Å². The zero-order chi connectivity index (χ0) is 12.4. The molecule has 5 nitrogen and oxygen atoms in total. The molecule has 17 heavy (non-hydrogen) atoms. The number of rotatable bonds is 5. The molecule has 94 valence electrons. The molecule has 1 N–H and O–H groups in total. The number of barbiturate groups is 1. The largest absolute Gasteiger partial charge is 0.330 e. The van der Waals surface area contributed by atoms with Crippen LogP contribution in [0.2, 0.25) is 0 Å². The lowest BCUT2D eigenvalue weighted by Gasteiger charge is -2.29. The number of carbonyl (C=O) groups excluding carboxylic acids is 3. The van der Waals surface area contributed by atoms with E-state index in [1.54, 1.807) is 6.92 Å². The summed E-state index contributed by atoms with van der Waals surface area (Å²) in [4.78, 5) is 36.1. The first kappa shape index (κ1) is 12.1. The lowest BCUT2D eigenvalue weighted by Crippen LogP contribution is -2.57. The van der Waals surface area contributed by atoms with Crippen LogP contribution in [0, 0.1) is 11.8 Å². The van der Waals surface area contributed by atoms with Gasteiger partial charge in [-0.2, -0.15) is 0 Å². The third-order valence-corrected chi connectivity index (χ3v) is 3.46. The summed E-state index contributed by atoms with van der Waals surface area (Å²) in [6.07, 6.45) is 4.90. The van der Waals surface area contributed by atoms with E-state index in [0.717, 1.165) is 18.8 Å². The first-order valence-electron chi connectivity index (χ1n) is 6.29. The SMILES string of the molecule is CCC1C(=O)NC(=O)N(CCCC2CC2)C1=O. The van der Waals surface area contributed by atoms with Crippen molar-refractivity contribution < 1.29 is 14.4 Å². The molecule has 1 atom stereocenters. The van der Waals surface area contributed by atoms with Crippen molar-refractivity contribution in [3.8, 4) is 0 Å². The Bertz CT molecular complexity index is 350. The highest BCUT2D eigenvalue weighted by atomic mass is 16.2. The Hall–Kier alpha value is -1.39. The van der Waals surface area contributed by atoms with Gasteiger partial charge in [0.15, 0.2) is 0 Å². The van der Waals surface area contributed by atoms with Crippen LogP contribution in [0.5, 0.6) is 0 Å². The molecule has 1 saturated carbocycles. The van der Waals surface area contributed by atoms with E-state index in [2.05, 4.69) is 5.32 Å². The minimum absolute atomic E-state index is 0.336. The number of hydrogen-bond donors (Lipinski definition) is 1. The standard InChI is InChI=1S/C12H18N2O3/c1-2-9-10(15)13-12(17)14(11(9)16)7-3-4-8-5-6-8/h8-9H,2-7H2,1H3,(H,13,15,17). The molecule has 1 unspecified atom stereocenters. The number of hydrogen-bond acceptors (Lipinski definition) is 3. The molecule has 0 aromatic heterocycles. The van der Waals surface area contributed by atoms with Gasteiger partial charge in [-0.3, -0.25) is 19.8 Å². The van der Waals surface area contributed by atoms with Crippen LogP contribution in [-0.2, 0) is 9.59 Å². The van der Waals surface area contributed by atoms with Gasteiger partial charge in [0.05, 0.1) is 0 Å². The second kappa shape index (κ2) is 4.85. The summed E-state index contributed by atoms with van der Waals surface area (Å²) < 4.78 is 0. The van der Waals surface area contributed by atoms with Gasteiger partial charge >= 0.3 is 6.03 Å². The third-order valence-electron chi connectivity index (χ3n) is 3.46. The van der Waals surface area contributed by atoms with E-state index in [-0.39, 0.29) is 5.91 Å². The van der Waals surface area contributed by atoms with Gasteiger partial charge in [0.2, 0.25) is 11.8 Å². The van der Waals surface area contributed by atoms with Crippen molar-refractivity contribution in [1.82, 2.24) is 10.2 Å². The second-order valence-corrected chi connectivity index (χ2v) is 4.83. The average molecular weight is 238 g/mol.